The number of nitrogens with two attached hydrogens (primary N) is 1. The molecule has 3 rings (SSSR count). The molecule has 4 nitrogen and oxygen atoms in total. The molecule has 2 aromatic carbocycles. The maximum atomic E-state index is 11.0. The number of hydrogen-bond donors (Lipinski definition) is 1. The van der Waals surface area contributed by atoms with Crippen LogP contribution in [-0.4, -0.2) is 15.7 Å². The first-order valence-corrected chi connectivity index (χ1v) is 6.25. The van der Waals surface area contributed by atoms with E-state index >= 15 is 0 Å². The molecule has 0 bridgehead atoms. The van der Waals surface area contributed by atoms with Crippen molar-refractivity contribution >= 4 is 5.91 Å². The maximum absolute atomic E-state index is 11.0. The molecule has 0 aliphatic heterocycles. The summed E-state index contributed by atoms with van der Waals surface area (Å²) in [4.78, 5) is 11.0. The van der Waals surface area contributed by atoms with E-state index in [0.29, 0.717) is 0 Å². The number of hydrogen-bond acceptors (Lipinski definition) is 2. The van der Waals surface area contributed by atoms with E-state index in [2.05, 4.69) is 17.2 Å². The number of aromatic nitrogens is 2. The Morgan fingerprint density at radius 1 is 0.900 bits per heavy atom. The van der Waals surface area contributed by atoms with Gasteiger partial charge in [-0.1, -0.05) is 42.5 Å². The minimum Gasteiger partial charge on any atom is -0.364 e. The number of primary amides is 1. The molecule has 0 atom stereocenters. The highest BCUT2D eigenvalue weighted by Crippen LogP contribution is 2.20. The number of nitrogens with zero attached hydrogens (tertiary/aromatic N) is 2. The van der Waals surface area contributed by atoms with Crippen LogP contribution in [0.3, 0.4) is 0 Å². The Labute approximate surface area is 116 Å². The van der Waals surface area contributed by atoms with Gasteiger partial charge in [-0.3, -0.25) is 4.79 Å². The number of benzene rings is 2. The molecule has 4 heteroatoms. The predicted octanol–water partition coefficient (Wildman–Crippen LogP) is 2.64. The summed E-state index contributed by atoms with van der Waals surface area (Å²) in [6, 6.07) is 19.7. The monoisotopic (exact) mass is 263 g/mol. The second-order valence-electron chi connectivity index (χ2n) is 4.42. The van der Waals surface area contributed by atoms with Crippen LogP contribution < -0.4 is 5.73 Å². The van der Waals surface area contributed by atoms with Gasteiger partial charge in [-0.25, -0.2) is 4.68 Å². The second-order valence-corrected chi connectivity index (χ2v) is 4.42. The van der Waals surface area contributed by atoms with Gasteiger partial charge in [0.15, 0.2) is 0 Å². The van der Waals surface area contributed by atoms with E-state index in [1.54, 1.807) is 16.9 Å². The fraction of sp³-hybridized carbons (Fsp3) is 0. The van der Waals surface area contributed by atoms with Crippen molar-refractivity contribution in [3.63, 3.8) is 0 Å². The largest absolute Gasteiger partial charge is 0.364 e. The molecule has 0 saturated heterocycles. The van der Waals surface area contributed by atoms with Crippen molar-refractivity contribution in [2.45, 2.75) is 0 Å². The Bertz CT molecular complexity index is 730. The van der Waals surface area contributed by atoms with E-state index in [-0.39, 0.29) is 5.69 Å². The summed E-state index contributed by atoms with van der Waals surface area (Å²) in [6.07, 6.45) is 1.72. The molecule has 98 valence electrons. The van der Waals surface area contributed by atoms with E-state index in [4.69, 9.17) is 5.73 Å². The number of amides is 1. The van der Waals surface area contributed by atoms with Crippen LogP contribution in [0.4, 0.5) is 0 Å². The zero-order chi connectivity index (χ0) is 13.9. The topological polar surface area (TPSA) is 60.9 Å². The number of rotatable bonds is 3. The van der Waals surface area contributed by atoms with Crippen LogP contribution in [0.1, 0.15) is 10.5 Å². The molecule has 0 radical (unpaired) electrons. The lowest BCUT2D eigenvalue weighted by Crippen LogP contribution is -2.12. The molecule has 1 amide bonds. The highest BCUT2D eigenvalue weighted by molar-refractivity contribution is 5.90. The van der Waals surface area contributed by atoms with Crippen molar-refractivity contribution in [1.29, 1.82) is 0 Å². The van der Waals surface area contributed by atoms with E-state index in [0.717, 1.165) is 16.8 Å². The lowest BCUT2D eigenvalue weighted by molar-refractivity contribution is 0.0995. The summed E-state index contributed by atoms with van der Waals surface area (Å²) in [5.41, 5.74) is 8.64. The molecular weight excluding hydrogens is 250 g/mol. The van der Waals surface area contributed by atoms with Gasteiger partial charge in [-0.2, -0.15) is 5.10 Å². The first-order chi connectivity index (χ1) is 9.74. The molecule has 0 aliphatic carbocycles. The van der Waals surface area contributed by atoms with Crippen molar-refractivity contribution in [1.82, 2.24) is 9.78 Å². The average Bonchev–Trinajstić information content (AvgIpc) is 2.98. The van der Waals surface area contributed by atoms with E-state index in [9.17, 15) is 4.79 Å². The van der Waals surface area contributed by atoms with Crippen molar-refractivity contribution in [3.05, 3.63) is 72.6 Å². The van der Waals surface area contributed by atoms with Gasteiger partial charge >= 0.3 is 0 Å². The molecule has 1 heterocycles. The van der Waals surface area contributed by atoms with Gasteiger partial charge in [-0.05, 0) is 29.3 Å². The van der Waals surface area contributed by atoms with Gasteiger partial charge in [0.2, 0.25) is 0 Å². The summed E-state index contributed by atoms with van der Waals surface area (Å²) in [5, 5.41) is 4.12. The first kappa shape index (κ1) is 12.2. The van der Waals surface area contributed by atoms with Crippen molar-refractivity contribution in [2.24, 2.45) is 5.73 Å². The first-order valence-electron chi connectivity index (χ1n) is 6.25. The van der Waals surface area contributed by atoms with Gasteiger partial charge < -0.3 is 5.73 Å². The van der Waals surface area contributed by atoms with Crippen LogP contribution in [0.5, 0.6) is 0 Å². The minimum absolute atomic E-state index is 0.261. The molecular formula is C16H13N3O. The smallest absolute Gasteiger partial charge is 0.269 e. The van der Waals surface area contributed by atoms with Gasteiger partial charge in [0.1, 0.15) is 5.69 Å². The third-order valence-corrected chi connectivity index (χ3v) is 3.08. The van der Waals surface area contributed by atoms with E-state index in [1.165, 1.54) is 0 Å². The predicted molar refractivity (Wildman–Crippen MR) is 77.5 cm³/mol. The normalized spacial score (nSPS) is 10.4. The zero-order valence-electron chi connectivity index (χ0n) is 10.7. The van der Waals surface area contributed by atoms with Crippen LogP contribution in [-0.2, 0) is 0 Å². The summed E-state index contributed by atoms with van der Waals surface area (Å²) < 4.78 is 1.63. The second kappa shape index (κ2) is 5.01. The number of carbonyl (C=O) groups excluding carboxylic acids is 1. The van der Waals surface area contributed by atoms with Gasteiger partial charge in [0, 0.05) is 6.20 Å². The molecule has 0 aliphatic rings. The lowest BCUT2D eigenvalue weighted by atomic mass is 10.1. The fourth-order valence-electron chi connectivity index (χ4n) is 2.04. The highest BCUT2D eigenvalue weighted by atomic mass is 16.1. The van der Waals surface area contributed by atoms with Crippen molar-refractivity contribution in [2.75, 3.05) is 0 Å². The van der Waals surface area contributed by atoms with Gasteiger partial charge in [-0.15, -0.1) is 0 Å². The number of carbonyl (C=O) groups is 1. The van der Waals surface area contributed by atoms with Crippen LogP contribution in [0.2, 0.25) is 0 Å². The molecule has 20 heavy (non-hydrogen) atoms. The molecule has 1 aromatic heterocycles. The Kier molecular flexibility index (Phi) is 3.05. The lowest BCUT2D eigenvalue weighted by Gasteiger charge is -2.04. The van der Waals surface area contributed by atoms with Gasteiger partial charge in [0.05, 0.1) is 5.69 Å². The maximum Gasteiger partial charge on any atom is 0.269 e. The van der Waals surface area contributed by atoms with Crippen LogP contribution in [0.15, 0.2) is 66.9 Å². The third-order valence-electron chi connectivity index (χ3n) is 3.08. The van der Waals surface area contributed by atoms with Gasteiger partial charge in [0.25, 0.3) is 5.91 Å². The Hall–Kier alpha value is -2.88. The Morgan fingerprint density at radius 3 is 2.15 bits per heavy atom. The third kappa shape index (κ3) is 2.31. The molecule has 2 N–H and O–H groups in total. The quantitative estimate of drug-likeness (QED) is 0.789. The fourth-order valence-corrected chi connectivity index (χ4v) is 2.04. The SMILES string of the molecule is NC(=O)c1ccn(-c2ccc(-c3ccccc3)cc2)n1. The summed E-state index contributed by atoms with van der Waals surface area (Å²) in [6.45, 7) is 0. The van der Waals surface area contributed by atoms with Crippen LogP contribution in [0.25, 0.3) is 16.8 Å². The van der Waals surface area contributed by atoms with E-state index in [1.807, 2.05) is 42.5 Å². The van der Waals surface area contributed by atoms with Crippen LogP contribution >= 0.6 is 0 Å². The Balaban J connectivity index is 1.91. The van der Waals surface area contributed by atoms with Crippen molar-refractivity contribution in [3.8, 4) is 16.8 Å². The zero-order valence-corrected chi connectivity index (χ0v) is 10.7. The molecule has 0 saturated carbocycles. The van der Waals surface area contributed by atoms with Crippen LogP contribution in [0, 0.1) is 0 Å². The molecule has 0 fully saturated rings. The van der Waals surface area contributed by atoms with E-state index < -0.39 is 5.91 Å². The summed E-state index contributed by atoms with van der Waals surface area (Å²) in [7, 11) is 0. The molecule has 0 spiro atoms. The molecule has 3 aromatic rings. The Morgan fingerprint density at radius 2 is 1.55 bits per heavy atom. The standard InChI is InChI=1S/C16H13N3O/c17-16(20)15-10-11-19(18-15)14-8-6-13(7-9-14)12-4-2-1-3-5-12/h1-11H,(H2,17,20). The summed E-state index contributed by atoms with van der Waals surface area (Å²) >= 11 is 0. The summed E-state index contributed by atoms with van der Waals surface area (Å²) in [5.74, 6) is -0.523. The highest BCUT2D eigenvalue weighted by Gasteiger charge is 2.06. The molecule has 0 unspecified atom stereocenters. The van der Waals surface area contributed by atoms with Crippen molar-refractivity contribution < 1.29 is 4.79 Å². The minimum atomic E-state index is -0.523. The average molecular weight is 263 g/mol.